The van der Waals surface area contributed by atoms with E-state index in [-0.39, 0.29) is 28.8 Å². The smallest absolute Gasteiger partial charge is 0.259 e. The van der Waals surface area contributed by atoms with Gasteiger partial charge in [0.25, 0.3) is 11.8 Å². The maximum Gasteiger partial charge on any atom is 0.259 e. The third-order valence-corrected chi connectivity index (χ3v) is 5.90. The minimum atomic E-state index is -0.534. The Labute approximate surface area is 200 Å². The number of rotatable bonds is 8. The molecule has 3 rings (SSSR count). The number of carbonyl (C=O) groups is 2. The third kappa shape index (κ3) is 6.46. The summed E-state index contributed by atoms with van der Waals surface area (Å²) in [5, 5.41) is 2.81. The highest BCUT2D eigenvalue weighted by atomic mass is 19.1. The molecule has 184 valence electrons. The van der Waals surface area contributed by atoms with Crippen LogP contribution in [0.3, 0.4) is 0 Å². The summed E-state index contributed by atoms with van der Waals surface area (Å²) < 4.78 is 15.0. The van der Waals surface area contributed by atoms with Crippen LogP contribution in [0, 0.1) is 17.7 Å². The summed E-state index contributed by atoms with van der Waals surface area (Å²) in [5.74, 6) is -0.388. The van der Waals surface area contributed by atoms with Gasteiger partial charge < -0.3 is 19.7 Å². The van der Waals surface area contributed by atoms with Crippen LogP contribution in [-0.2, 0) is 6.54 Å². The summed E-state index contributed by atoms with van der Waals surface area (Å²) in [4.78, 5) is 43.0. The Morgan fingerprint density at radius 2 is 1.56 bits per heavy atom. The zero-order valence-electron chi connectivity index (χ0n) is 20.5. The lowest BCUT2D eigenvalue weighted by molar-refractivity contribution is 0.0744. The molecular formula is C26H35FN4O3. The predicted octanol–water partition coefficient (Wildman–Crippen LogP) is 3.38. The largest absolute Gasteiger partial charge is 0.368 e. The van der Waals surface area contributed by atoms with Gasteiger partial charge in [-0.3, -0.25) is 14.4 Å². The van der Waals surface area contributed by atoms with Gasteiger partial charge in [-0.25, -0.2) is 4.39 Å². The number of anilines is 1. The Balaban J connectivity index is 1.79. The second kappa shape index (κ2) is 11.3. The summed E-state index contributed by atoms with van der Waals surface area (Å²) in [7, 11) is 0. The Bertz CT molecular complexity index is 1050. The number of benzene rings is 1. The van der Waals surface area contributed by atoms with Crippen LogP contribution in [0.15, 0.2) is 41.5 Å². The molecule has 1 aromatic carbocycles. The van der Waals surface area contributed by atoms with E-state index in [1.54, 1.807) is 34.0 Å². The fraction of sp³-hybridized carbons (Fsp3) is 0.500. The van der Waals surface area contributed by atoms with Crippen LogP contribution >= 0.6 is 0 Å². The number of hydrogen-bond donors (Lipinski definition) is 1. The van der Waals surface area contributed by atoms with Gasteiger partial charge in [-0.15, -0.1) is 0 Å². The van der Waals surface area contributed by atoms with Crippen molar-refractivity contribution >= 4 is 17.5 Å². The van der Waals surface area contributed by atoms with Gasteiger partial charge in [-0.05, 0) is 42.5 Å². The lowest BCUT2D eigenvalue weighted by Crippen LogP contribution is -2.50. The first kappa shape index (κ1) is 25.5. The number of nitrogens with one attached hydrogen (secondary N) is 1. The zero-order chi connectivity index (χ0) is 24.8. The summed E-state index contributed by atoms with van der Waals surface area (Å²) in [5.41, 5.74) is 0.383. The molecule has 2 amide bonds. The highest BCUT2D eigenvalue weighted by Gasteiger charge is 2.26. The number of halogens is 1. The normalized spacial score (nSPS) is 14.1. The lowest BCUT2D eigenvalue weighted by atomic mass is 10.1. The Kier molecular flexibility index (Phi) is 8.47. The van der Waals surface area contributed by atoms with E-state index in [0.29, 0.717) is 45.2 Å². The van der Waals surface area contributed by atoms with Crippen LogP contribution in [-0.4, -0.2) is 54.0 Å². The fourth-order valence-corrected chi connectivity index (χ4v) is 4.03. The highest BCUT2D eigenvalue weighted by molar-refractivity contribution is 5.99. The van der Waals surface area contributed by atoms with Crippen LogP contribution < -0.4 is 15.6 Å². The zero-order valence-corrected chi connectivity index (χ0v) is 20.5. The second-order valence-electron chi connectivity index (χ2n) is 9.70. The van der Waals surface area contributed by atoms with Gasteiger partial charge in [0.15, 0.2) is 0 Å². The Morgan fingerprint density at radius 1 is 0.941 bits per heavy atom. The molecule has 1 saturated heterocycles. The van der Waals surface area contributed by atoms with E-state index in [4.69, 9.17) is 0 Å². The number of piperazine rings is 1. The first-order chi connectivity index (χ1) is 16.2. The summed E-state index contributed by atoms with van der Waals surface area (Å²) in [6.45, 7) is 11.3. The number of carbonyl (C=O) groups excluding carboxylic acids is 2. The van der Waals surface area contributed by atoms with Crippen molar-refractivity contribution in [2.45, 2.75) is 40.7 Å². The van der Waals surface area contributed by atoms with Gasteiger partial charge in [-0.2, -0.15) is 0 Å². The Morgan fingerprint density at radius 3 is 2.15 bits per heavy atom. The standard InChI is InChI=1S/C26H35FN4O3/c1-18(2)9-10-28-25(33)22-16-29(15-19(3)4)17-23(24(22)32)26(34)31-13-11-30(12-14-31)21-7-5-20(27)6-8-21/h5-8,16-19H,9-15H2,1-4H3,(H,28,33). The molecule has 0 bridgehead atoms. The van der Waals surface area contributed by atoms with Gasteiger partial charge in [0, 0.05) is 57.3 Å². The second-order valence-corrected chi connectivity index (χ2v) is 9.70. The Hall–Kier alpha value is -3.16. The molecule has 2 heterocycles. The molecule has 7 nitrogen and oxygen atoms in total. The highest BCUT2D eigenvalue weighted by Crippen LogP contribution is 2.18. The van der Waals surface area contributed by atoms with Crippen LogP contribution in [0.4, 0.5) is 10.1 Å². The summed E-state index contributed by atoms with van der Waals surface area (Å²) in [6, 6.07) is 6.28. The maximum absolute atomic E-state index is 13.3. The van der Waals surface area contributed by atoms with E-state index in [1.807, 2.05) is 13.8 Å². The number of nitrogens with zero attached hydrogens (tertiary/aromatic N) is 3. The van der Waals surface area contributed by atoms with E-state index in [2.05, 4.69) is 24.1 Å². The van der Waals surface area contributed by atoms with Gasteiger partial charge >= 0.3 is 0 Å². The summed E-state index contributed by atoms with van der Waals surface area (Å²) >= 11 is 0. The van der Waals surface area contributed by atoms with Crippen molar-refractivity contribution in [2.24, 2.45) is 11.8 Å². The minimum Gasteiger partial charge on any atom is -0.368 e. The van der Waals surface area contributed by atoms with Crippen molar-refractivity contribution in [1.82, 2.24) is 14.8 Å². The van der Waals surface area contributed by atoms with Crippen molar-refractivity contribution in [3.8, 4) is 0 Å². The first-order valence-corrected chi connectivity index (χ1v) is 12.0. The average Bonchev–Trinajstić information content (AvgIpc) is 2.79. The molecule has 0 aliphatic carbocycles. The van der Waals surface area contributed by atoms with E-state index < -0.39 is 11.3 Å². The quantitative estimate of drug-likeness (QED) is 0.642. The molecule has 1 aromatic heterocycles. The number of pyridine rings is 1. The molecule has 1 N–H and O–H groups in total. The molecule has 0 radical (unpaired) electrons. The van der Waals surface area contributed by atoms with Crippen molar-refractivity contribution in [1.29, 1.82) is 0 Å². The topological polar surface area (TPSA) is 74.7 Å². The molecule has 1 aliphatic rings. The van der Waals surface area contributed by atoms with Crippen LogP contribution in [0.5, 0.6) is 0 Å². The number of hydrogen-bond acceptors (Lipinski definition) is 4. The molecule has 2 aromatic rings. The van der Waals surface area contributed by atoms with Crippen molar-refractivity contribution in [3.63, 3.8) is 0 Å². The molecule has 0 saturated carbocycles. The predicted molar refractivity (Wildman–Crippen MR) is 132 cm³/mol. The van der Waals surface area contributed by atoms with Crippen molar-refractivity contribution in [2.75, 3.05) is 37.6 Å². The fourth-order valence-electron chi connectivity index (χ4n) is 4.03. The van der Waals surface area contributed by atoms with E-state index in [1.165, 1.54) is 12.1 Å². The average molecular weight is 471 g/mol. The monoisotopic (exact) mass is 470 g/mol. The summed E-state index contributed by atoms with van der Waals surface area (Å²) in [6.07, 6.45) is 3.93. The molecular weight excluding hydrogens is 435 g/mol. The molecule has 8 heteroatoms. The van der Waals surface area contributed by atoms with E-state index >= 15 is 0 Å². The third-order valence-electron chi connectivity index (χ3n) is 5.90. The van der Waals surface area contributed by atoms with Crippen LogP contribution in [0.1, 0.15) is 54.8 Å². The molecule has 0 spiro atoms. The lowest BCUT2D eigenvalue weighted by Gasteiger charge is -2.36. The number of aromatic nitrogens is 1. The van der Waals surface area contributed by atoms with Crippen molar-refractivity contribution < 1.29 is 14.0 Å². The minimum absolute atomic E-state index is 0.000189. The van der Waals surface area contributed by atoms with Gasteiger partial charge in [0.05, 0.1) is 0 Å². The van der Waals surface area contributed by atoms with E-state index in [0.717, 1.165) is 12.1 Å². The molecule has 1 fully saturated rings. The number of amides is 2. The first-order valence-electron chi connectivity index (χ1n) is 12.0. The van der Waals surface area contributed by atoms with Crippen molar-refractivity contribution in [3.05, 3.63) is 63.8 Å². The van der Waals surface area contributed by atoms with Crippen LogP contribution in [0.25, 0.3) is 0 Å². The van der Waals surface area contributed by atoms with Gasteiger partial charge in [-0.1, -0.05) is 27.7 Å². The van der Waals surface area contributed by atoms with E-state index in [9.17, 15) is 18.8 Å². The molecule has 1 aliphatic heterocycles. The van der Waals surface area contributed by atoms with Gasteiger partial charge in [0.1, 0.15) is 16.9 Å². The van der Waals surface area contributed by atoms with Crippen LogP contribution in [0.2, 0.25) is 0 Å². The molecule has 34 heavy (non-hydrogen) atoms. The molecule has 0 unspecified atom stereocenters. The van der Waals surface area contributed by atoms with Gasteiger partial charge in [0.2, 0.25) is 5.43 Å². The molecule has 0 atom stereocenters. The SMILES string of the molecule is CC(C)CCNC(=O)c1cn(CC(C)C)cc(C(=O)N2CCN(c3ccc(F)cc3)CC2)c1=O. The maximum atomic E-state index is 13.3.